The first-order valence-electron chi connectivity index (χ1n) is 7.45. The Bertz CT molecular complexity index is 518. The van der Waals surface area contributed by atoms with Crippen molar-refractivity contribution in [2.75, 3.05) is 20.8 Å². The van der Waals surface area contributed by atoms with E-state index in [2.05, 4.69) is 4.74 Å². The summed E-state index contributed by atoms with van der Waals surface area (Å²) in [5.74, 6) is 1.49. The number of carbonyl (C=O) groups excluding carboxylic acids is 1. The number of benzene rings is 1. The molecule has 0 aliphatic heterocycles. The summed E-state index contributed by atoms with van der Waals surface area (Å²) in [5, 5.41) is 0. The van der Waals surface area contributed by atoms with Crippen LogP contribution in [0.3, 0.4) is 0 Å². The third-order valence-electron chi connectivity index (χ3n) is 3.56. The first-order valence-corrected chi connectivity index (χ1v) is 7.45. The van der Waals surface area contributed by atoms with Crippen LogP contribution in [0.1, 0.15) is 31.2 Å². The van der Waals surface area contributed by atoms with Crippen LogP contribution in [0, 0.1) is 0 Å². The van der Waals surface area contributed by atoms with Crippen molar-refractivity contribution >= 4 is 12.2 Å². The van der Waals surface area contributed by atoms with Crippen molar-refractivity contribution in [2.24, 2.45) is 0 Å². The molecule has 0 saturated heterocycles. The van der Waals surface area contributed by atoms with Gasteiger partial charge in [0.15, 0.2) is 11.5 Å². The van der Waals surface area contributed by atoms with Gasteiger partial charge in [0.05, 0.1) is 20.3 Å². The highest BCUT2D eigenvalue weighted by atomic mass is 16.7. The maximum absolute atomic E-state index is 10.8. The fourth-order valence-corrected chi connectivity index (χ4v) is 2.43. The minimum Gasteiger partial charge on any atom is -0.493 e. The van der Waals surface area contributed by atoms with E-state index < -0.39 is 6.16 Å². The smallest absolute Gasteiger partial charge is 0.493 e. The molecule has 0 unspecified atom stereocenters. The van der Waals surface area contributed by atoms with E-state index in [0.717, 1.165) is 29.9 Å². The van der Waals surface area contributed by atoms with Crippen molar-refractivity contribution in [3.8, 4) is 11.5 Å². The van der Waals surface area contributed by atoms with Gasteiger partial charge < -0.3 is 18.9 Å². The van der Waals surface area contributed by atoms with E-state index in [9.17, 15) is 4.79 Å². The molecule has 1 aliphatic carbocycles. The SMILES string of the molecule is COC(=O)OC/C=C/c1ccc(OC)c(OC2CCCC2)c1. The molecule has 2 rings (SSSR count). The Labute approximate surface area is 130 Å². The van der Waals surface area contributed by atoms with Gasteiger partial charge in [-0.1, -0.05) is 12.1 Å². The van der Waals surface area contributed by atoms with E-state index in [1.54, 1.807) is 13.2 Å². The number of carbonyl (C=O) groups is 1. The zero-order valence-corrected chi connectivity index (χ0v) is 13.0. The maximum atomic E-state index is 10.8. The molecule has 0 N–H and O–H groups in total. The zero-order valence-electron chi connectivity index (χ0n) is 13.0. The van der Waals surface area contributed by atoms with Crippen molar-refractivity contribution < 1.29 is 23.7 Å². The summed E-state index contributed by atoms with van der Waals surface area (Å²) in [7, 11) is 2.92. The lowest BCUT2D eigenvalue weighted by Gasteiger charge is -2.16. The largest absolute Gasteiger partial charge is 0.508 e. The number of methoxy groups -OCH3 is 2. The van der Waals surface area contributed by atoms with Crippen LogP contribution in [-0.2, 0) is 9.47 Å². The Morgan fingerprint density at radius 3 is 2.68 bits per heavy atom. The number of hydrogen-bond acceptors (Lipinski definition) is 5. The third kappa shape index (κ3) is 4.69. The molecule has 1 aliphatic rings. The molecule has 1 aromatic rings. The monoisotopic (exact) mass is 306 g/mol. The van der Waals surface area contributed by atoms with Crippen LogP contribution in [0.15, 0.2) is 24.3 Å². The fourth-order valence-electron chi connectivity index (χ4n) is 2.43. The number of rotatable bonds is 6. The highest BCUT2D eigenvalue weighted by Crippen LogP contribution is 2.32. The number of hydrogen-bond donors (Lipinski definition) is 0. The van der Waals surface area contributed by atoms with Gasteiger partial charge in [-0.15, -0.1) is 0 Å². The standard InChI is InChI=1S/C17H22O5/c1-19-15-10-9-13(6-5-11-21-17(18)20-2)12-16(15)22-14-7-3-4-8-14/h5-6,9-10,12,14H,3-4,7-8,11H2,1-2H3/b6-5+. The maximum Gasteiger partial charge on any atom is 0.508 e. The molecular formula is C17H22O5. The van der Waals surface area contributed by atoms with Crippen LogP contribution < -0.4 is 9.47 Å². The second-order valence-electron chi connectivity index (χ2n) is 5.10. The van der Waals surface area contributed by atoms with Gasteiger partial charge in [0, 0.05) is 0 Å². The summed E-state index contributed by atoms with van der Waals surface area (Å²) in [5.41, 5.74) is 0.960. The van der Waals surface area contributed by atoms with Gasteiger partial charge in [-0.2, -0.15) is 0 Å². The van der Waals surface area contributed by atoms with Crippen LogP contribution in [0.2, 0.25) is 0 Å². The molecule has 120 valence electrons. The van der Waals surface area contributed by atoms with Gasteiger partial charge in [0.2, 0.25) is 0 Å². The predicted molar refractivity (Wildman–Crippen MR) is 83.3 cm³/mol. The normalized spacial score (nSPS) is 15.0. The van der Waals surface area contributed by atoms with Crippen molar-refractivity contribution in [2.45, 2.75) is 31.8 Å². The minimum absolute atomic E-state index is 0.164. The molecule has 1 fully saturated rings. The van der Waals surface area contributed by atoms with Crippen molar-refractivity contribution in [1.29, 1.82) is 0 Å². The molecule has 0 bridgehead atoms. The van der Waals surface area contributed by atoms with E-state index in [1.807, 2.05) is 24.3 Å². The van der Waals surface area contributed by atoms with Gasteiger partial charge in [-0.25, -0.2) is 4.79 Å². The van der Waals surface area contributed by atoms with Crippen molar-refractivity contribution in [1.82, 2.24) is 0 Å². The molecule has 0 heterocycles. The zero-order chi connectivity index (χ0) is 15.8. The third-order valence-corrected chi connectivity index (χ3v) is 3.56. The van der Waals surface area contributed by atoms with Gasteiger partial charge >= 0.3 is 6.16 Å². The second kappa shape index (κ2) is 8.32. The van der Waals surface area contributed by atoms with Crippen LogP contribution in [-0.4, -0.2) is 33.1 Å². The highest BCUT2D eigenvalue weighted by molar-refractivity contribution is 5.60. The lowest BCUT2D eigenvalue weighted by Crippen LogP contribution is -2.11. The number of ether oxygens (including phenoxy) is 4. The molecule has 0 radical (unpaired) electrons. The first kappa shape index (κ1) is 16.2. The fraction of sp³-hybridized carbons (Fsp3) is 0.471. The van der Waals surface area contributed by atoms with E-state index in [0.29, 0.717) is 0 Å². The summed E-state index contributed by atoms with van der Waals surface area (Å²) >= 11 is 0. The minimum atomic E-state index is -0.690. The van der Waals surface area contributed by atoms with Crippen LogP contribution in [0.4, 0.5) is 4.79 Å². The molecule has 1 saturated carbocycles. The summed E-state index contributed by atoms with van der Waals surface area (Å²) in [4.78, 5) is 10.8. The molecule has 5 heteroatoms. The van der Waals surface area contributed by atoms with Crippen molar-refractivity contribution in [3.63, 3.8) is 0 Å². The summed E-state index contributed by atoms with van der Waals surface area (Å²) in [6.07, 6.45) is 7.82. The van der Waals surface area contributed by atoms with E-state index >= 15 is 0 Å². The van der Waals surface area contributed by atoms with Gasteiger partial charge in [0.25, 0.3) is 0 Å². The molecule has 0 amide bonds. The Kier molecular flexibility index (Phi) is 6.13. The summed E-state index contributed by atoms with van der Waals surface area (Å²) in [6.45, 7) is 0.164. The lowest BCUT2D eigenvalue weighted by molar-refractivity contribution is 0.0819. The Morgan fingerprint density at radius 1 is 1.23 bits per heavy atom. The Balaban J connectivity index is 1.99. The summed E-state index contributed by atoms with van der Waals surface area (Å²) < 4.78 is 20.6. The van der Waals surface area contributed by atoms with E-state index in [-0.39, 0.29) is 12.7 Å². The Hall–Kier alpha value is -2.17. The highest BCUT2D eigenvalue weighted by Gasteiger charge is 2.18. The topological polar surface area (TPSA) is 54.0 Å². The first-order chi connectivity index (χ1) is 10.7. The lowest BCUT2D eigenvalue weighted by atomic mass is 10.2. The molecule has 0 atom stereocenters. The van der Waals surface area contributed by atoms with E-state index in [1.165, 1.54) is 20.0 Å². The molecule has 5 nitrogen and oxygen atoms in total. The molecule has 1 aromatic carbocycles. The molecule has 0 spiro atoms. The van der Waals surface area contributed by atoms with Crippen LogP contribution in [0.25, 0.3) is 6.08 Å². The van der Waals surface area contributed by atoms with Crippen LogP contribution in [0.5, 0.6) is 11.5 Å². The summed E-state index contributed by atoms with van der Waals surface area (Å²) in [6, 6.07) is 5.74. The average Bonchev–Trinajstić information content (AvgIpc) is 3.04. The molecular weight excluding hydrogens is 284 g/mol. The quantitative estimate of drug-likeness (QED) is 0.748. The van der Waals surface area contributed by atoms with Crippen LogP contribution >= 0.6 is 0 Å². The Morgan fingerprint density at radius 2 is 2.00 bits per heavy atom. The van der Waals surface area contributed by atoms with Crippen molar-refractivity contribution in [3.05, 3.63) is 29.8 Å². The van der Waals surface area contributed by atoms with E-state index in [4.69, 9.17) is 14.2 Å². The van der Waals surface area contributed by atoms with Gasteiger partial charge in [0.1, 0.15) is 6.61 Å². The van der Waals surface area contributed by atoms with Gasteiger partial charge in [-0.05, 0) is 49.5 Å². The van der Waals surface area contributed by atoms with Gasteiger partial charge in [-0.3, -0.25) is 0 Å². The second-order valence-corrected chi connectivity index (χ2v) is 5.10. The predicted octanol–water partition coefficient (Wildman–Crippen LogP) is 3.81. The average molecular weight is 306 g/mol. The molecule has 22 heavy (non-hydrogen) atoms. The molecule has 0 aromatic heterocycles.